The summed E-state index contributed by atoms with van der Waals surface area (Å²) in [5.41, 5.74) is 9.92. The smallest absolute Gasteiger partial charge is 0.255 e. The lowest BCUT2D eigenvalue weighted by atomic mass is 9.97. The van der Waals surface area contributed by atoms with E-state index in [2.05, 4.69) is 40.0 Å². The fourth-order valence-electron chi connectivity index (χ4n) is 10.2. The second-order valence-electron chi connectivity index (χ2n) is 17.1. The van der Waals surface area contributed by atoms with Crippen molar-refractivity contribution in [1.29, 1.82) is 0 Å². The van der Waals surface area contributed by atoms with E-state index in [9.17, 15) is 18.8 Å². The molecule has 0 bridgehead atoms. The number of likely N-dealkylation sites (tertiary alicyclic amines) is 2. The largest absolute Gasteiger partial charge is 0.494 e. The Kier molecular flexibility index (Phi) is 9.37. The Hall–Kier alpha value is -6.53. The standard InChI is InChI=1S/C44H45FN10O7/c1-59-33-3-2-4-34(37(33)45)62-29-7-5-23(6-8-29)38-36-41(46)47-21-48-42(36)55(51-38)26-13-24-15-52(16-25(24)14-26)27-17-53(18-27)28-19-54(20-28)32-11-9-30(39-40(32)61-22-60-39)43(57)49-31-10-12-35(56)50-44(31)58/h2-9,11,21,24-28,31H,10,12-20,22H2,1H3,(H,49,57)(H2,46,47,48)(H,50,56,58). The van der Waals surface area contributed by atoms with Crippen LogP contribution >= 0.6 is 0 Å². The van der Waals surface area contributed by atoms with Gasteiger partial charge in [0.2, 0.25) is 24.4 Å². The number of halogens is 1. The molecule has 4 N–H and O–H groups in total. The molecule has 3 aromatic carbocycles. The van der Waals surface area contributed by atoms with Gasteiger partial charge in [-0.05, 0) is 79.6 Å². The van der Waals surface area contributed by atoms with Crippen LogP contribution in [-0.4, -0.2) is 119 Å². The summed E-state index contributed by atoms with van der Waals surface area (Å²) < 4.78 is 39.3. The molecule has 3 amide bonds. The molecule has 5 aromatic rings. The molecule has 11 rings (SSSR count). The maximum atomic E-state index is 14.7. The molecule has 6 aliphatic rings. The lowest BCUT2D eigenvalue weighted by molar-refractivity contribution is -0.134. The molecule has 320 valence electrons. The number of rotatable bonds is 10. The van der Waals surface area contributed by atoms with Gasteiger partial charge in [0.05, 0.1) is 29.8 Å². The minimum atomic E-state index is -0.778. The molecule has 1 aliphatic carbocycles. The van der Waals surface area contributed by atoms with Crippen LogP contribution in [0.4, 0.5) is 15.9 Å². The lowest BCUT2D eigenvalue weighted by Crippen LogP contribution is -2.69. The summed E-state index contributed by atoms with van der Waals surface area (Å²) in [4.78, 5) is 53.4. The zero-order valence-electron chi connectivity index (χ0n) is 34.0. The third kappa shape index (κ3) is 6.59. The number of carbonyl (C=O) groups is 3. The number of anilines is 2. The van der Waals surface area contributed by atoms with Gasteiger partial charge in [-0.15, -0.1) is 0 Å². The van der Waals surface area contributed by atoms with Crippen LogP contribution in [0, 0.1) is 17.7 Å². The first-order chi connectivity index (χ1) is 30.2. The average Bonchev–Trinajstić information content (AvgIpc) is 4.04. The zero-order chi connectivity index (χ0) is 42.2. The van der Waals surface area contributed by atoms with Gasteiger partial charge >= 0.3 is 0 Å². The van der Waals surface area contributed by atoms with E-state index in [0.717, 1.165) is 74.4 Å². The Morgan fingerprint density at radius 2 is 1.61 bits per heavy atom. The predicted octanol–water partition coefficient (Wildman–Crippen LogP) is 3.74. The minimum Gasteiger partial charge on any atom is -0.494 e. The number of fused-ring (bicyclic) bond motifs is 3. The highest BCUT2D eigenvalue weighted by atomic mass is 19.1. The van der Waals surface area contributed by atoms with Crippen molar-refractivity contribution < 1.29 is 37.7 Å². The average molecular weight is 845 g/mol. The Morgan fingerprint density at radius 3 is 2.37 bits per heavy atom. The van der Waals surface area contributed by atoms with Crippen LogP contribution in [0.15, 0.2) is 60.9 Å². The predicted molar refractivity (Wildman–Crippen MR) is 223 cm³/mol. The molecule has 3 atom stereocenters. The number of benzene rings is 3. The second kappa shape index (κ2) is 15.1. The Balaban J connectivity index is 0.692. The number of nitrogens with one attached hydrogen (secondary N) is 2. The molecule has 2 aromatic heterocycles. The molecule has 5 aliphatic heterocycles. The SMILES string of the molecule is COc1cccc(Oc2ccc(-c3nn(C4CC5CN(C6CN(C7CN(c8ccc(C(=O)NC9CCC(=O)NC9=O)c9c8OCO9)C7)C6)CC5C4)c4ncnc(N)c34)cc2)c1F. The number of nitrogens with two attached hydrogens (primary N) is 1. The van der Waals surface area contributed by atoms with Crippen LogP contribution in [0.5, 0.6) is 28.7 Å². The van der Waals surface area contributed by atoms with Crippen molar-refractivity contribution in [3.05, 3.63) is 72.3 Å². The monoisotopic (exact) mass is 844 g/mol. The summed E-state index contributed by atoms with van der Waals surface area (Å²) in [6.07, 6.45) is 3.96. The minimum absolute atomic E-state index is 0.0136. The maximum Gasteiger partial charge on any atom is 0.255 e. The van der Waals surface area contributed by atoms with E-state index in [-0.39, 0.29) is 43.1 Å². The topological polar surface area (TPSA) is 192 Å². The normalized spacial score (nSPS) is 23.9. The van der Waals surface area contributed by atoms with Gasteiger partial charge in [-0.2, -0.15) is 9.49 Å². The first kappa shape index (κ1) is 38.4. The van der Waals surface area contributed by atoms with E-state index in [0.29, 0.717) is 58.2 Å². The van der Waals surface area contributed by atoms with Gasteiger partial charge in [-0.1, -0.05) is 6.07 Å². The number of amides is 3. The van der Waals surface area contributed by atoms with Crippen LogP contribution in [0.2, 0.25) is 0 Å². The summed E-state index contributed by atoms with van der Waals surface area (Å²) in [5.74, 6) is 1.25. The van der Waals surface area contributed by atoms with Crippen LogP contribution in [0.25, 0.3) is 22.3 Å². The van der Waals surface area contributed by atoms with Crippen molar-refractivity contribution >= 4 is 40.3 Å². The van der Waals surface area contributed by atoms with E-state index in [1.165, 1.54) is 13.4 Å². The van der Waals surface area contributed by atoms with Gasteiger partial charge in [-0.25, -0.2) is 14.6 Å². The number of nitrogen functional groups attached to an aromatic ring is 1. The van der Waals surface area contributed by atoms with E-state index in [4.69, 9.17) is 29.8 Å². The van der Waals surface area contributed by atoms with Gasteiger partial charge in [-0.3, -0.25) is 29.5 Å². The maximum absolute atomic E-state index is 14.7. The summed E-state index contributed by atoms with van der Waals surface area (Å²) in [6, 6.07) is 16.1. The molecule has 5 fully saturated rings. The molecule has 18 heteroatoms. The number of carbonyl (C=O) groups excluding carboxylic acids is 3. The number of piperidine rings is 1. The Bertz CT molecular complexity index is 2600. The van der Waals surface area contributed by atoms with Crippen LogP contribution in [0.3, 0.4) is 0 Å². The van der Waals surface area contributed by atoms with Crippen LogP contribution in [0.1, 0.15) is 42.1 Å². The summed E-state index contributed by atoms with van der Waals surface area (Å²) in [7, 11) is 1.42. The molecule has 3 unspecified atom stereocenters. The van der Waals surface area contributed by atoms with Gasteiger partial charge in [0, 0.05) is 63.3 Å². The second-order valence-corrected chi connectivity index (χ2v) is 17.1. The van der Waals surface area contributed by atoms with E-state index < -0.39 is 23.7 Å². The number of aromatic nitrogens is 4. The molecule has 1 saturated carbocycles. The Morgan fingerprint density at radius 1 is 0.887 bits per heavy atom. The summed E-state index contributed by atoms with van der Waals surface area (Å²) in [6.45, 7) is 5.95. The van der Waals surface area contributed by atoms with Crippen LogP contribution in [-0.2, 0) is 9.59 Å². The van der Waals surface area contributed by atoms with Crippen molar-refractivity contribution in [1.82, 2.24) is 40.2 Å². The lowest BCUT2D eigenvalue weighted by Gasteiger charge is -2.54. The molecule has 0 spiro atoms. The first-order valence-electron chi connectivity index (χ1n) is 21.1. The highest BCUT2D eigenvalue weighted by Crippen LogP contribution is 2.48. The van der Waals surface area contributed by atoms with Crippen molar-refractivity contribution in [2.24, 2.45) is 11.8 Å². The van der Waals surface area contributed by atoms with Crippen molar-refractivity contribution in [2.45, 2.75) is 49.9 Å². The third-order valence-corrected chi connectivity index (χ3v) is 13.5. The van der Waals surface area contributed by atoms with Gasteiger partial charge in [0.25, 0.3) is 5.91 Å². The molecule has 62 heavy (non-hydrogen) atoms. The molecular formula is C44H45FN10O7. The first-order valence-corrected chi connectivity index (χ1v) is 21.1. The van der Waals surface area contributed by atoms with Gasteiger partial charge in [0.1, 0.15) is 29.6 Å². The molecular weight excluding hydrogens is 800 g/mol. The molecule has 0 radical (unpaired) electrons. The molecule has 4 saturated heterocycles. The van der Waals surface area contributed by atoms with Crippen molar-refractivity contribution in [3.8, 4) is 40.0 Å². The van der Waals surface area contributed by atoms with Crippen molar-refractivity contribution in [3.63, 3.8) is 0 Å². The number of methoxy groups -OCH3 is 1. The third-order valence-electron chi connectivity index (χ3n) is 13.5. The molecule has 17 nitrogen and oxygen atoms in total. The highest BCUT2D eigenvalue weighted by Gasteiger charge is 2.48. The quantitative estimate of drug-likeness (QED) is 0.172. The fraction of sp³-hybridized carbons (Fsp3) is 0.409. The summed E-state index contributed by atoms with van der Waals surface area (Å²) in [5, 5.41) is 10.9. The van der Waals surface area contributed by atoms with E-state index >= 15 is 0 Å². The zero-order valence-corrected chi connectivity index (χ0v) is 34.0. The fourth-order valence-corrected chi connectivity index (χ4v) is 10.2. The number of nitrogens with zero attached hydrogens (tertiary/aromatic N) is 7. The number of imide groups is 1. The Labute approximate surface area is 355 Å². The van der Waals surface area contributed by atoms with Gasteiger partial charge in [0.15, 0.2) is 28.6 Å². The van der Waals surface area contributed by atoms with Crippen molar-refractivity contribution in [2.75, 3.05) is 63.8 Å². The van der Waals surface area contributed by atoms with E-state index in [1.807, 2.05) is 18.2 Å². The highest BCUT2D eigenvalue weighted by molar-refractivity contribution is 6.05. The number of hydrogen-bond acceptors (Lipinski definition) is 14. The molecule has 7 heterocycles. The van der Waals surface area contributed by atoms with Crippen LogP contribution < -0.4 is 40.2 Å². The van der Waals surface area contributed by atoms with E-state index in [1.54, 1.807) is 36.4 Å². The summed E-state index contributed by atoms with van der Waals surface area (Å²) >= 11 is 0. The van der Waals surface area contributed by atoms with Gasteiger partial charge < -0.3 is 34.9 Å². The number of hydrogen-bond donors (Lipinski definition) is 3. The number of ether oxygens (including phenoxy) is 4.